The predicted octanol–water partition coefficient (Wildman–Crippen LogP) is 4.01. The van der Waals surface area contributed by atoms with Crippen LogP contribution in [0.25, 0.3) is 20.8 Å². The van der Waals surface area contributed by atoms with E-state index in [9.17, 15) is 4.79 Å². The molecule has 0 fully saturated rings. The molecule has 0 aliphatic rings. The van der Waals surface area contributed by atoms with E-state index in [1.165, 1.54) is 23.1 Å². The van der Waals surface area contributed by atoms with Crippen molar-refractivity contribution in [2.24, 2.45) is 0 Å². The average molecular weight is 421 g/mol. The summed E-state index contributed by atoms with van der Waals surface area (Å²) in [5, 5.41) is 24.2. The Balaban J connectivity index is 1.55. The Labute approximate surface area is 164 Å². The maximum Gasteiger partial charge on any atom is 0.236 e. The number of carbonyl (C=O) groups excluding carboxylic acids is 1. The molecule has 4 aromatic rings. The predicted molar refractivity (Wildman–Crippen MR) is 107 cm³/mol. The van der Waals surface area contributed by atoms with E-state index in [1.54, 1.807) is 22.7 Å². The van der Waals surface area contributed by atoms with Crippen LogP contribution in [0.3, 0.4) is 0 Å². The average Bonchev–Trinajstić information content (AvgIpc) is 3.33. The van der Waals surface area contributed by atoms with Crippen molar-refractivity contribution < 1.29 is 4.79 Å². The second-order valence-corrected chi connectivity index (χ2v) is 9.50. The molecule has 0 saturated heterocycles. The number of hydrogen-bond donors (Lipinski definition) is 1. The Kier molecular flexibility index (Phi) is 4.94. The Bertz CT molecular complexity index is 1070. The number of aryl methyl sites for hydroxylation is 2. The lowest BCUT2D eigenvalue weighted by molar-refractivity contribution is -0.113. The fourth-order valence-corrected chi connectivity index (χ4v) is 5.32. The monoisotopic (exact) mass is 420 g/mol. The zero-order valence-electron chi connectivity index (χ0n) is 13.7. The van der Waals surface area contributed by atoms with E-state index in [0.717, 1.165) is 30.8 Å². The molecule has 1 amide bonds. The molecule has 0 saturated carbocycles. The van der Waals surface area contributed by atoms with Gasteiger partial charge in [-0.1, -0.05) is 29.2 Å². The van der Waals surface area contributed by atoms with Gasteiger partial charge in [-0.05, 0) is 25.3 Å². The van der Waals surface area contributed by atoms with Crippen molar-refractivity contribution in [3.05, 3.63) is 27.5 Å². The minimum atomic E-state index is -0.157. The molecule has 11 heteroatoms. The number of anilines is 1. The summed E-state index contributed by atoms with van der Waals surface area (Å²) in [4.78, 5) is 17.8. The Morgan fingerprint density at radius 2 is 2.04 bits per heavy atom. The molecule has 4 heterocycles. The van der Waals surface area contributed by atoms with Crippen LogP contribution in [-0.4, -0.2) is 37.0 Å². The summed E-state index contributed by atoms with van der Waals surface area (Å²) >= 11 is 5.88. The maximum atomic E-state index is 12.1. The number of nitrogens with one attached hydrogen (secondary N) is 1. The van der Waals surface area contributed by atoms with Gasteiger partial charge in [0.25, 0.3) is 0 Å². The first kappa shape index (κ1) is 17.5. The van der Waals surface area contributed by atoms with Crippen LogP contribution in [0.15, 0.2) is 22.5 Å². The highest BCUT2D eigenvalue weighted by Crippen LogP contribution is 2.36. The number of amides is 1. The highest BCUT2D eigenvalue weighted by atomic mass is 32.2. The number of rotatable bonds is 5. The molecule has 0 aromatic carbocycles. The minimum absolute atomic E-state index is 0.157. The molecule has 132 valence electrons. The van der Waals surface area contributed by atoms with Crippen molar-refractivity contribution in [1.29, 1.82) is 0 Å². The Morgan fingerprint density at radius 3 is 2.77 bits per heavy atom. The summed E-state index contributed by atoms with van der Waals surface area (Å²) in [7, 11) is 0. The smallest absolute Gasteiger partial charge is 0.236 e. The molecule has 0 bridgehead atoms. The number of thiazole rings is 1. The maximum absolute atomic E-state index is 12.1. The molecular weight excluding hydrogens is 408 g/mol. The number of aromatic nitrogens is 5. The second kappa shape index (κ2) is 7.35. The molecule has 7 nitrogen and oxygen atoms in total. The highest BCUT2D eigenvalue weighted by Gasteiger charge is 2.17. The van der Waals surface area contributed by atoms with E-state index < -0.39 is 0 Å². The third kappa shape index (κ3) is 3.61. The van der Waals surface area contributed by atoms with Crippen molar-refractivity contribution >= 4 is 67.0 Å². The van der Waals surface area contributed by atoms with E-state index in [2.05, 4.69) is 30.7 Å². The number of nitrogens with zero attached hydrogens (tertiary/aromatic N) is 5. The molecular formula is C15H12N6OS4. The normalized spacial score (nSPS) is 11.2. The molecule has 0 spiro atoms. The van der Waals surface area contributed by atoms with Gasteiger partial charge in [-0.2, -0.15) is 0 Å². The second-order valence-electron chi connectivity index (χ2n) is 5.20. The summed E-state index contributed by atoms with van der Waals surface area (Å²) in [6.45, 7) is 3.80. The van der Waals surface area contributed by atoms with Gasteiger partial charge in [0.1, 0.15) is 21.2 Å². The largest absolute Gasteiger partial charge is 0.300 e. The van der Waals surface area contributed by atoms with Crippen LogP contribution < -0.4 is 5.32 Å². The molecule has 4 rings (SSSR count). The topological polar surface area (TPSA) is 93.6 Å². The number of carbonyl (C=O) groups is 1. The van der Waals surface area contributed by atoms with Gasteiger partial charge in [-0.3, -0.25) is 10.1 Å². The van der Waals surface area contributed by atoms with Gasteiger partial charge in [-0.15, -0.1) is 43.1 Å². The quantitative estimate of drug-likeness (QED) is 0.487. The number of thioether (sulfide) groups is 1. The first-order valence-corrected chi connectivity index (χ1v) is 11.0. The van der Waals surface area contributed by atoms with Gasteiger partial charge in [0.05, 0.1) is 20.3 Å². The van der Waals surface area contributed by atoms with E-state index in [0.29, 0.717) is 10.2 Å². The van der Waals surface area contributed by atoms with Gasteiger partial charge in [0.15, 0.2) is 0 Å². The highest BCUT2D eigenvalue weighted by molar-refractivity contribution is 8.00. The molecule has 1 N–H and O–H groups in total. The zero-order valence-corrected chi connectivity index (χ0v) is 17.0. The Morgan fingerprint density at radius 1 is 1.15 bits per heavy atom. The van der Waals surface area contributed by atoms with Crippen molar-refractivity contribution in [3.63, 3.8) is 0 Å². The zero-order chi connectivity index (χ0) is 18.1. The fraction of sp³-hybridized carbons (Fsp3) is 0.200. The summed E-state index contributed by atoms with van der Waals surface area (Å²) in [6.07, 6.45) is 0. The third-order valence-corrected chi connectivity index (χ3v) is 6.82. The standard InChI is InChI=1S/C15H12N6OS4/c1-7-16-12-13(25-7)11(9-4-3-5-23-9)19-20-14(12)24-6-10(22)17-15-21-18-8(2)26-15/h3-5H,6H2,1-2H3,(H,17,21,22). The van der Waals surface area contributed by atoms with Gasteiger partial charge in [-0.25, -0.2) is 4.98 Å². The lowest BCUT2D eigenvalue weighted by Gasteiger charge is -2.03. The van der Waals surface area contributed by atoms with Crippen LogP contribution in [0.5, 0.6) is 0 Å². The lowest BCUT2D eigenvalue weighted by atomic mass is 10.3. The third-order valence-electron chi connectivity index (χ3n) is 3.26. The molecule has 0 aliphatic carbocycles. The van der Waals surface area contributed by atoms with Crippen LogP contribution in [0, 0.1) is 13.8 Å². The van der Waals surface area contributed by atoms with Crippen LogP contribution in [-0.2, 0) is 4.79 Å². The van der Waals surface area contributed by atoms with Gasteiger partial charge < -0.3 is 0 Å². The number of hydrogen-bond acceptors (Lipinski definition) is 10. The number of fused-ring (bicyclic) bond motifs is 1. The SMILES string of the molecule is Cc1nnc(NC(=O)CSc2nnc(-c3cccs3)c3sc(C)nc23)s1. The van der Waals surface area contributed by atoms with Crippen LogP contribution in [0.4, 0.5) is 5.13 Å². The van der Waals surface area contributed by atoms with Gasteiger partial charge >= 0.3 is 0 Å². The van der Waals surface area contributed by atoms with E-state index >= 15 is 0 Å². The van der Waals surface area contributed by atoms with E-state index in [4.69, 9.17) is 0 Å². The molecule has 0 aliphatic heterocycles. The minimum Gasteiger partial charge on any atom is -0.300 e. The summed E-state index contributed by atoms with van der Waals surface area (Å²) in [6, 6.07) is 4.01. The molecule has 0 unspecified atom stereocenters. The first-order chi connectivity index (χ1) is 12.6. The molecule has 26 heavy (non-hydrogen) atoms. The van der Waals surface area contributed by atoms with E-state index in [1.807, 2.05) is 31.4 Å². The van der Waals surface area contributed by atoms with Crippen LogP contribution in [0.2, 0.25) is 0 Å². The van der Waals surface area contributed by atoms with Crippen molar-refractivity contribution in [2.75, 3.05) is 11.1 Å². The van der Waals surface area contributed by atoms with Crippen molar-refractivity contribution in [2.45, 2.75) is 18.9 Å². The fourth-order valence-electron chi connectivity index (χ4n) is 2.23. The molecule has 0 radical (unpaired) electrons. The first-order valence-electron chi connectivity index (χ1n) is 7.50. The van der Waals surface area contributed by atoms with Crippen molar-refractivity contribution in [3.8, 4) is 10.6 Å². The number of thiophene rings is 1. The van der Waals surface area contributed by atoms with Crippen molar-refractivity contribution in [1.82, 2.24) is 25.4 Å². The van der Waals surface area contributed by atoms with Crippen LogP contribution >= 0.6 is 45.8 Å². The summed E-state index contributed by atoms with van der Waals surface area (Å²) < 4.78 is 1.00. The van der Waals surface area contributed by atoms with Crippen LogP contribution in [0.1, 0.15) is 10.0 Å². The van der Waals surface area contributed by atoms with Gasteiger partial charge in [0, 0.05) is 0 Å². The van der Waals surface area contributed by atoms with E-state index in [-0.39, 0.29) is 11.7 Å². The lowest BCUT2D eigenvalue weighted by Crippen LogP contribution is -2.14. The summed E-state index contributed by atoms with van der Waals surface area (Å²) in [5.74, 6) is 0.0486. The Hall–Kier alpha value is -1.95. The summed E-state index contributed by atoms with van der Waals surface area (Å²) in [5.41, 5.74) is 1.65. The molecule has 0 atom stereocenters. The molecule has 4 aromatic heterocycles. The van der Waals surface area contributed by atoms with Gasteiger partial charge in [0.2, 0.25) is 11.0 Å².